The number of rotatable bonds is 8. The van der Waals surface area contributed by atoms with Crippen LogP contribution in [0.2, 0.25) is 0 Å². The van der Waals surface area contributed by atoms with E-state index in [1.807, 2.05) is 51.1 Å². The highest BCUT2D eigenvalue weighted by Gasteiger charge is 2.61. The van der Waals surface area contributed by atoms with Gasteiger partial charge >= 0.3 is 5.69 Å². The lowest BCUT2D eigenvalue weighted by atomic mass is 10.1. The Bertz CT molecular complexity index is 1120. The van der Waals surface area contributed by atoms with Gasteiger partial charge in [-0.1, -0.05) is 69.2 Å². The van der Waals surface area contributed by atoms with Crippen molar-refractivity contribution in [2.45, 2.75) is 60.5 Å². The molecule has 1 fully saturated rings. The summed E-state index contributed by atoms with van der Waals surface area (Å²) in [7, 11) is 0. The normalized spacial score (nSPS) is 18.8. The lowest BCUT2D eigenvalue weighted by Crippen LogP contribution is -2.42. The molecular weight excluding hydrogens is 404 g/mol. The average Bonchev–Trinajstić information content (AvgIpc) is 3.25. The number of carbonyl (C=O) groups is 1. The molecule has 1 aromatic heterocycles. The number of hydrogen-bond acceptors (Lipinski definition) is 4. The first-order valence-corrected chi connectivity index (χ1v) is 11.2. The molecule has 1 aliphatic carbocycles. The van der Waals surface area contributed by atoms with Crippen LogP contribution in [0.1, 0.15) is 53.0 Å². The molecule has 3 rings (SSSR count). The maximum Gasteiger partial charge on any atom is 0.330 e. The Morgan fingerprint density at radius 3 is 2.47 bits per heavy atom. The lowest BCUT2D eigenvalue weighted by Gasteiger charge is -2.25. The van der Waals surface area contributed by atoms with Crippen LogP contribution >= 0.6 is 0 Å². The van der Waals surface area contributed by atoms with Gasteiger partial charge in [0.2, 0.25) is 5.91 Å². The number of hydrogen-bond donors (Lipinski definition) is 2. The predicted molar refractivity (Wildman–Crippen MR) is 128 cm³/mol. The molecule has 1 aliphatic rings. The summed E-state index contributed by atoms with van der Waals surface area (Å²) in [6, 6.07) is 9.49. The number of benzene rings is 1. The number of H-pyrrole nitrogens is 1. The van der Waals surface area contributed by atoms with E-state index in [0.717, 1.165) is 24.0 Å². The average molecular weight is 439 g/mol. The van der Waals surface area contributed by atoms with Gasteiger partial charge in [-0.25, -0.2) is 4.79 Å². The van der Waals surface area contributed by atoms with Crippen LogP contribution in [-0.2, 0) is 17.9 Å². The van der Waals surface area contributed by atoms with Crippen LogP contribution in [0.25, 0.3) is 0 Å². The van der Waals surface area contributed by atoms with Crippen molar-refractivity contribution in [2.75, 3.05) is 10.6 Å². The Morgan fingerprint density at radius 2 is 1.88 bits per heavy atom. The summed E-state index contributed by atoms with van der Waals surface area (Å²) in [5.74, 6) is -0.298. The van der Waals surface area contributed by atoms with Crippen molar-refractivity contribution in [1.82, 2.24) is 9.55 Å². The third-order valence-corrected chi connectivity index (χ3v) is 6.36. The maximum absolute atomic E-state index is 13.8. The molecule has 0 saturated heterocycles. The zero-order chi connectivity index (χ0) is 23.6. The van der Waals surface area contributed by atoms with Gasteiger partial charge in [-0.15, -0.1) is 0 Å². The first kappa shape index (κ1) is 23.6. The SMILES string of the molecule is CCCCn1c(N)c(N(Cc2ccccc2)C(=O)C2C(C=C(C)C)C2(C)C)c(=O)[nH]c1=O. The highest BCUT2D eigenvalue weighted by molar-refractivity contribution is 5.99. The second-order valence-electron chi connectivity index (χ2n) is 9.48. The summed E-state index contributed by atoms with van der Waals surface area (Å²) in [5.41, 5.74) is 7.03. The first-order chi connectivity index (χ1) is 15.1. The van der Waals surface area contributed by atoms with Gasteiger partial charge in [0, 0.05) is 6.54 Å². The number of anilines is 2. The summed E-state index contributed by atoms with van der Waals surface area (Å²) in [4.78, 5) is 43.0. The number of aromatic nitrogens is 2. The van der Waals surface area contributed by atoms with E-state index in [1.165, 1.54) is 9.47 Å². The third-order valence-electron chi connectivity index (χ3n) is 6.36. The Balaban J connectivity index is 2.11. The van der Waals surface area contributed by atoms with Gasteiger partial charge < -0.3 is 5.73 Å². The summed E-state index contributed by atoms with van der Waals surface area (Å²) in [6.07, 6.45) is 3.73. The number of amides is 1. The summed E-state index contributed by atoms with van der Waals surface area (Å²) < 4.78 is 1.36. The smallest absolute Gasteiger partial charge is 0.330 e. The van der Waals surface area contributed by atoms with E-state index < -0.39 is 11.2 Å². The van der Waals surface area contributed by atoms with Crippen molar-refractivity contribution in [3.05, 3.63) is 68.4 Å². The monoisotopic (exact) mass is 438 g/mol. The van der Waals surface area contributed by atoms with Crippen molar-refractivity contribution in [3.8, 4) is 0 Å². The topological polar surface area (TPSA) is 101 Å². The molecule has 2 aromatic rings. The van der Waals surface area contributed by atoms with Crippen LogP contribution in [-0.4, -0.2) is 15.5 Å². The molecule has 0 bridgehead atoms. The molecule has 0 aliphatic heterocycles. The fraction of sp³-hybridized carbons (Fsp3) is 0.480. The van der Waals surface area contributed by atoms with Gasteiger partial charge in [-0.2, -0.15) is 0 Å². The lowest BCUT2D eigenvalue weighted by molar-refractivity contribution is -0.120. The van der Waals surface area contributed by atoms with E-state index in [9.17, 15) is 14.4 Å². The first-order valence-electron chi connectivity index (χ1n) is 11.2. The second-order valence-corrected chi connectivity index (χ2v) is 9.48. The van der Waals surface area contributed by atoms with Gasteiger partial charge in [-0.3, -0.25) is 24.0 Å². The molecular formula is C25H34N4O3. The molecule has 1 saturated carbocycles. The molecule has 2 unspecified atom stereocenters. The van der Waals surface area contributed by atoms with Crippen LogP contribution in [0.3, 0.4) is 0 Å². The Labute approximate surface area is 189 Å². The molecule has 0 spiro atoms. The van der Waals surface area contributed by atoms with Gasteiger partial charge in [0.1, 0.15) is 5.82 Å². The molecule has 0 radical (unpaired) electrons. The van der Waals surface area contributed by atoms with Crippen molar-refractivity contribution in [2.24, 2.45) is 17.3 Å². The molecule has 1 amide bonds. The van der Waals surface area contributed by atoms with Crippen molar-refractivity contribution in [3.63, 3.8) is 0 Å². The fourth-order valence-corrected chi connectivity index (χ4v) is 4.40. The van der Waals surface area contributed by atoms with Gasteiger partial charge in [0.05, 0.1) is 12.5 Å². The van der Waals surface area contributed by atoms with E-state index in [2.05, 4.69) is 24.9 Å². The zero-order valence-corrected chi connectivity index (χ0v) is 19.6. The minimum absolute atomic E-state index is 0.0358. The molecule has 3 N–H and O–H groups in total. The van der Waals surface area contributed by atoms with Crippen molar-refractivity contribution >= 4 is 17.4 Å². The predicted octanol–water partition coefficient (Wildman–Crippen LogP) is 3.69. The Hall–Kier alpha value is -3.09. The third kappa shape index (κ3) is 4.56. The standard InChI is InChI=1S/C25H34N4O3/c1-6-7-13-28-21(26)20(22(30)27-24(28)32)29(15-17-11-9-8-10-12-17)23(31)19-18(14-16(2)3)25(19,4)5/h8-12,14,18-19H,6-7,13,15,26H2,1-5H3,(H,27,30,32). The zero-order valence-electron chi connectivity index (χ0n) is 19.6. The number of nitrogen functional groups attached to an aromatic ring is 1. The van der Waals surface area contributed by atoms with E-state index >= 15 is 0 Å². The van der Waals surface area contributed by atoms with Gasteiger partial charge in [0.25, 0.3) is 5.56 Å². The Kier molecular flexibility index (Phi) is 6.77. The van der Waals surface area contributed by atoms with E-state index in [1.54, 1.807) is 0 Å². The number of aromatic amines is 1. The van der Waals surface area contributed by atoms with Crippen LogP contribution < -0.4 is 21.9 Å². The number of allylic oxidation sites excluding steroid dienone is 2. The number of nitrogens with one attached hydrogen (secondary N) is 1. The summed E-state index contributed by atoms with van der Waals surface area (Å²) in [6.45, 7) is 10.8. The highest BCUT2D eigenvalue weighted by atomic mass is 16.2. The number of nitrogens with zero attached hydrogens (tertiary/aromatic N) is 2. The maximum atomic E-state index is 13.8. The van der Waals surface area contributed by atoms with Crippen molar-refractivity contribution < 1.29 is 4.79 Å². The summed E-state index contributed by atoms with van der Waals surface area (Å²) in [5, 5.41) is 0. The van der Waals surface area contributed by atoms with Crippen molar-refractivity contribution in [1.29, 1.82) is 0 Å². The van der Waals surface area contributed by atoms with E-state index in [4.69, 9.17) is 5.73 Å². The molecule has 7 nitrogen and oxygen atoms in total. The fourth-order valence-electron chi connectivity index (χ4n) is 4.40. The van der Waals surface area contributed by atoms with Crippen LogP contribution in [0.4, 0.5) is 11.5 Å². The van der Waals surface area contributed by atoms with Crippen LogP contribution in [0.15, 0.2) is 51.6 Å². The molecule has 1 aromatic carbocycles. The van der Waals surface area contributed by atoms with Crippen LogP contribution in [0.5, 0.6) is 0 Å². The molecule has 7 heteroatoms. The summed E-state index contributed by atoms with van der Waals surface area (Å²) >= 11 is 0. The number of nitrogens with two attached hydrogens (primary N) is 1. The molecule has 1 heterocycles. The number of unbranched alkanes of at least 4 members (excludes halogenated alkanes) is 1. The quantitative estimate of drug-likeness (QED) is 0.614. The van der Waals surface area contributed by atoms with Crippen LogP contribution in [0, 0.1) is 17.3 Å². The molecule has 32 heavy (non-hydrogen) atoms. The van der Waals surface area contributed by atoms with Gasteiger partial charge in [-0.05, 0) is 37.2 Å². The molecule has 172 valence electrons. The Morgan fingerprint density at radius 1 is 1.22 bits per heavy atom. The van der Waals surface area contributed by atoms with E-state index in [0.29, 0.717) is 6.54 Å². The minimum atomic E-state index is -0.637. The highest BCUT2D eigenvalue weighted by Crippen LogP contribution is 2.60. The molecule has 2 atom stereocenters. The van der Waals surface area contributed by atoms with E-state index in [-0.39, 0.29) is 41.2 Å². The largest absolute Gasteiger partial charge is 0.383 e. The minimum Gasteiger partial charge on any atom is -0.383 e. The van der Waals surface area contributed by atoms with Gasteiger partial charge in [0.15, 0.2) is 5.69 Å². The second kappa shape index (κ2) is 9.18. The number of carbonyl (C=O) groups excluding carboxylic acids is 1.